The smallest absolute Gasteiger partial charge is 0.412 e. The number of halogens is 2. The molecule has 0 bridgehead atoms. The summed E-state index contributed by atoms with van der Waals surface area (Å²) in [6.45, 7) is -0.459. The van der Waals surface area contributed by atoms with Crippen LogP contribution in [0.5, 0.6) is 0 Å². The number of nitrogens with zero attached hydrogens (tertiary/aromatic N) is 2. The second-order valence-corrected chi connectivity index (χ2v) is 7.64. The van der Waals surface area contributed by atoms with E-state index in [0.29, 0.717) is 18.7 Å². The van der Waals surface area contributed by atoms with Gasteiger partial charge in [-0.2, -0.15) is 0 Å². The van der Waals surface area contributed by atoms with E-state index < -0.39 is 29.8 Å². The van der Waals surface area contributed by atoms with Crippen LogP contribution in [0.25, 0.3) is 10.8 Å². The van der Waals surface area contributed by atoms with Crippen LogP contribution in [-0.4, -0.2) is 53.4 Å². The number of rotatable bonds is 9. The molecule has 1 unspecified atom stereocenters. The molecule has 34 heavy (non-hydrogen) atoms. The minimum absolute atomic E-state index is 0.00664. The molecule has 0 aliphatic rings. The third-order valence-corrected chi connectivity index (χ3v) is 5.29. The number of aromatic nitrogens is 1. The molecule has 0 aliphatic heterocycles. The van der Waals surface area contributed by atoms with Crippen LogP contribution in [-0.2, 0) is 11.3 Å². The fourth-order valence-corrected chi connectivity index (χ4v) is 3.33. The zero-order chi connectivity index (χ0) is 24.5. The number of benzene rings is 2. The summed E-state index contributed by atoms with van der Waals surface area (Å²) in [5.41, 5.74) is 0.00664. The molecule has 0 saturated carbocycles. The van der Waals surface area contributed by atoms with Crippen LogP contribution in [0.4, 0.5) is 24.2 Å². The van der Waals surface area contributed by atoms with Crippen molar-refractivity contribution in [3.8, 4) is 0 Å². The lowest BCUT2D eigenvalue weighted by Gasteiger charge is -2.28. The first-order chi connectivity index (χ1) is 16.4. The van der Waals surface area contributed by atoms with E-state index in [1.54, 1.807) is 12.3 Å². The third kappa shape index (κ3) is 6.61. The first kappa shape index (κ1) is 24.8. The molecule has 3 rings (SSSR count). The molecule has 0 saturated heterocycles. The van der Waals surface area contributed by atoms with Gasteiger partial charge in [0, 0.05) is 37.3 Å². The SMILES string of the molecule is CN(C(=O)NCc1cccc(F)c1F)C(CCCO)COC(=O)Nc1cc2ccccc2cn1. The molecule has 3 N–H and O–H groups in total. The number of nitrogens with one attached hydrogen (secondary N) is 2. The highest BCUT2D eigenvalue weighted by atomic mass is 19.2. The first-order valence-electron chi connectivity index (χ1n) is 10.7. The number of urea groups is 1. The standard InChI is InChI=1S/C24H26F2N4O4/c1-30(23(32)28-14-18-8-4-10-20(25)22(18)26)19(9-5-11-31)15-34-24(33)29-21-12-16-6-2-3-7-17(16)13-27-21/h2-4,6-8,10,12-13,19,31H,5,9,11,14-15H2,1H3,(H,28,32)(H,27,29,33). The highest BCUT2D eigenvalue weighted by Crippen LogP contribution is 2.16. The Morgan fingerprint density at radius 2 is 1.91 bits per heavy atom. The summed E-state index contributed by atoms with van der Waals surface area (Å²) >= 11 is 0. The second kappa shape index (κ2) is 11.9. The minimum Gasteiger partial charge on any atom is -0.447 e. The van der Waals surface area contributed by atoms with Crippen molar-refractivity contribution in [2.45, 2.75) is 25.4 Å². The molecule has 0 fully saturated rings. The molecule has 3 amide bonds. The summed E-state index contributed by atoms with van der Waals surface area (Å²) in [7, 11) is 1.49. The lowest BCUT2D eigenvalue weighted by atomic mass is 10.1. The molecular weight excluding hydrogens is 446 g/mol. The number of amides is 3. The molecule has 1 atom stereocenters. The molecule has 1 heterocycles. The van der Waals surface area contributed by atoms with Crippen LogP contribution in [0.3, 0.4) is 0 Å². The number of hydrogen-bond donors (Lipinski definition) is 3. The zero-order valence-electron chi connectivity index (χ0n) is 18.6. The van der Waals surface area contributed by atoms with Crippen LogP contribution in [0, 0.1) is 11.6 Å². The number of aliphatic hydroxyl groups excluding tert-OH is 1. The molecule has 1 aromatic heterocycles. The van der Waals surface area contributed by atoms with E-state index >= 15 is 0 Å². The largest absolute Gasteiger partial charge is 0.447 e. The maximum atomic E-state index is 13.8. The van der Waals surface area contributed by atoms with Gasteiger partial charge < -0.3 is 20.1 Å². The molecule has 3 aromatic rings. The number of hydrogen-bond acceptors (Lipinski definition) is 5. The van der Waals surface area contributed by atoms with E-state index in [1.807, 2.05) is 24.3 Å². The summed E-state index contributed by atoms with van der Waals surface area (Å²) in [6.07, 6.45) is 1.62. The number of anilines is 1. The molecular formula is C24H26F2N4O4. The van der Waals surface area contributed by atoms with Gasteiger partial charge in [0.1, 0.15) is 12.4 Å². The normalized spacial score (nSPS) is 11.6. The lowest BCUT2D eigenvalue weighted by Crippen LogP contribution is -2.46. The molecule has 8 nitrogen and oxygen atoms in total. The van der Waals surface area contributed by atoms with E-state index in [9.17, 15) is 23.5 Å². The highest BCUT2D eigenvalue weighted by molar-refractivity contribution is 5.89. The van der Waals surface area contributed by atoms with Crippen LogP contribution in [0.1, 0.15) is 18.4 Å². The zero-order valence-corrected chi connectivity index (χ0v) is 18.6. The molecule has 10 heteroatoms. The number of fused-ring (bicyclic) bond motifs is 1. The van der Waals surface area contributed by atoms with Gasteiger partial charge in [0.2, 0.25) is 0 Å². The molecule has 2 aromatic carbocycles. The molecule has 180 valence electrons. The van der Waals surface area contributed by atoms with Crippen molar-refractivity contribution in [3.05, 3.63) is 71.9 Å². The maximum absolute atomic E-state index is 13.8. The van der Waals surface area contributed by atoms with E-state index in [2.05, 4.69) is 15.6 Å². The van der Waals surface area contributed by atoms with Gasteiger partial charge in [0.25, 0.3) is 0 Å². The summed E-state index contributed by atoms with van der Waals surface area (Å²) in [5.74, 6) is -1.70. The van der Waals surface area contributed by atoms with Gasteiger partial charge in [0.05, 0.1) is 6.04 Å². The Labute approximate surface area is 195 Å². The Bertz CT molecular complexity index is 1140. The Morgan fingerprint density at radius 3 is 2.68 bits per heavy atom. The van der Waals surface area contributed by atoms with Crippen molar-refractivity contribution in [3.63, 3.8) is 0 Å². The monoisotopic (exact) mass is 472 g/mol. The summed E-state index contributed by atoms with van der Waals surface area (Å²) in [6, 6.07) is 11.9. The van der Waals surface area contributed by atoms with Gasteiger partial charge in [-0.15, -0.1) is 0 Å². The average Bonchev–Trinajstić information content (AvgIpc) is 2.84. The van der Waals surface area contributed by atoms with Crippen LogP contribution in [0.15, 0.2) is 54.7 Å². The van der Waals surface area contributed by atoms with Gasteiger partial charge in [-0.3, -0.25) is 5.32 Å². The van der Waals surface area contributed by atoms with Gasteiger partial charge in [-0.05, 0) is 30.4 Å². The van der Waals surface area contributed by atoms with E-state index in [0.717, 1.165) is 16.8 Å². The topological polar surface area (TPSA) is 104 Å². The van der Waals surface area contributed by atoms with E-state index in [1.165, 1.54) is 24.1 Å². The fourth-order valence-electron chi connectivity index (χ4n) is 3.33. The average molecular weight is 472 g/mol. The fraction of sp³-hybridized carbons (Fsp3) is 0.292. The van der Waals surface area contributed by atoms with Crippen molar-refractivity contribution >= 4 is 28.7 Å². The van der Waals surface area contributed by atoms with Gasteiger partial charge in [-0.1, -0.05) is 36.4 Å². The quantitative estimate of drug-likeness (QED) is 0.436. The Hall–Kier alpha value is -3.79. The predicted molar refractivity (Wildman–Crippen MR) is 123 cm³/mol. The van der Waals surface area contributed by atoms with Gasteiger partial charge in [0.15, 0.2) is 11.6 Å². The van der Waals surface area contributed by atoms with Gasteiger partial charge in [-0.25, -0.2) is 23.4 Å². The molecule has 0 aliphatic carbocycles. The van der Waals surface area contributed by atoms with Crippen molar-refractivity contribution in [2.24, 2.45) is 0 Å². The van der Waals surface area contributed by atoms with Gasteiger partial charge >= 0.3 is 12.1 Å². The van der Waals surface area contributed by atoms with Crippen LogP contribution < -0.4 is 10.6 Å². The van der Waals surface area contributed by atoms with E-state index in [4.69, 9.17) is 4.74 Å². The van der Waals surface area contributed by atoms with Crippen molar-refractivity contribution in [2.75, 3.05) is 25.6 Å². The highest BCUT2D eigenvalue weighted by Gasteiger charge is 2.22. The number of pyridine rings is 1. The van der Waals surface area contributed by atoms with Crippen molar-refractivity contribution in [1.82, 2.24) is 15.2 Å². The predicted octanol–water partition coefficient (Wildman–Crippen LogP) is 4.04. The Kier molecular flexibility index (Phi) is 8.69. The number of carbonyl (C=O) groups excluding carboxylic acids is 2. The first-order valence-corrected chi connectivity index (χ1v) is 10.7. The van der Waals surface area contributed by atoms with Crippen LogP contribution in [0.2, 0.25) is 0 Å². The van der Waals surface area contributed by atoms with Crippen molar-refractivity contribution in [1.29, 1.82) is 0 Å². The second-order valence-electron chi connectivity index (χ2n) is 7.64. The van der Waals surface area contributed by atoms with Crippen molar-refractivity contribution < 1.29 is 28.2 Å². The molecule has 0 radical (unpaired) electrons. The maximum Gasteiger partial charge on any atom is 0.412 e. The van der Waals surface area contributed by atoms with E-state index in [-0.39, 0.29) is 25.3 Å². The Morgan fingerprint density at radius 1 is 1.15 bits per heavy atom. The third-order valence-electron chi connectivity index (χ3n) is 5.29. The summed E-state index contributed by atoms with van der Waals surface area (Å²) in [4.78, 5) is 30.3. The summed E-state index contributed by atoms with van der Waals surface area (Å²) in [5, 5.41) is 16.1. The summed E-state index contributed by atoms with van der Waals surface area (Å²) < 4.78 is 32.5. The molecule has 0 spiro atoms. The lowest BCUT2D eigenvalue weighted by molar-refractivity contribution is 0.110. The minimum atomic E-state index is -1.02. The number of aliphatic hydroxyl groups is 1. The number of carbonyl (C=O) groups is 2. The van der Waals surface area contributed by atoms with Crippen LogP contribution >= 0.6 is 0 Å². The number of ether oxygens (including phenoxy) is 1. The Balaban J connectivity index is 1.56. The number of likely N-dealkylation sites (N-methyl/N-ethyl adjacent to an activating group) is 1.